The van der Waals surface area contributed by atoms with E-state index in [-0.39, 0.29) is 49.4 Å². The molecule has 1 aromatic rings. The molecule has 2 aliphatic heterocycles. The molecule has 2 aliphatic carbocycles. The van der Waals surface area contributed by atoms with Crippen molar-refractivity contribution in [3.63, 3.8) is 0 Å². The lowest BCUT2D eigenvalue weighted by Crippen LogP contribution is -2.85. The Morgan fingerprint density at radius 1 is 1.38 bits per heavy atom. The van der Waals surface area contributed by atoms with Crippen LogP contribution < -0.4 is 25.6 Å². The van der Waals surface area contributed by atoms with E-state index in [0.29, 0.717) is 42.0 Å². The van der Waals surface area contributed by atoms with Gasteiger partial charge in [0.1, 0.15) is 0 Å². The first-order chi connectivity index (χ1) is 18.9. The number of hydrogen-bond acceptors (Lipinski definition) is 7. The van der Waals surface area contributed by atoms with Gasteiger partial charge in [0, 0.05) is 50.4 Å². The Labute approximate surface area is 236 Å². The SMILES string of the molecule is C=CC[N+]1(C)CC[C@]23c4c5ccc(OC(=O)N(C)CCNC(=O)[C@@H](N)CC(C)C)c4O[C@H]2C(=O)CC[C@@]3([O-])[C@H]1C5. The number of ketones is 1. The number of rotatable bonds is 9. The second-order valence-corrected chi connectivity index (χ2v) is 12.7. The molecule has 6 atom stereocenters. The van der Waals surface area contributed by atoms with E-state index in [1.165, 1.54) is 4.90 Å². The third-order valence-corrected chi connectivity index (χ3v) is 9.71. The van der Waals surface area contributed by atoms with E-state index in [4.69, 9.17) is 15.2 Å². The van der Waals surface area contributed by atoms with Crippen LogP contribution in [0.2, 0.25) is 0 Å². The Balaban J connectivity index is 1.37. The lowest BCUT2D eigenvalue weighted by atomic mass is 9.48. The van der Waals surface area contributed by atoms with Gasteiger partial charge in [0.15, 0.2) is 23.4 Å². The lowest BCUT2D eigenvalue weighted by Gasteiger charge is -2.70. The molecule has 2 bridgehead atoms. The minimum atomic E-state index is -1.37. The number of nitrogens with zero attached hydrogens (tertiary/aromatic N) is 2. The summed E-state index contributed by atoms with van der Waals surface area (Å²) >= 11 is 0. The van der Waals surface area contributed by atoms with E-state index in [2.05, 4.69) is 18.9 Å². The minimum Gasteiger partial charge on any atom is -0.844 e. The van der Waals surface area contributed by atoms with Crippen molar-refractivity contribution in [1.82, 2.24) is 10.2 Å². The standard InChI is InChI=1S/C30H42N4O6/c1-6-14-34(5)15-11-29-24-19-7-8-22(25(24)40-26(29)21(35)9-10-30(29,38)23(34)17-19)39-28(37)33(4)13-12-32-27(36)20(31)16-18(2)3/h6-8,18,20,23,26H,1,9-17,31H2,2-5H3,(H,32,36)/t20-,23+,26-,29-,30+,34?/m0/s1. The average molecular weight is 555 g/mol. The fourth-order valence-electron chi connectivity index (χ4n) is 7.73. The highest BCUT2D eigenvalue weighted by Crippen LogP contribution is 2.64. The van der Waals surface area contributed by atoms with Crippen LogP contribution in [0.4, 0.5) is 4.79 Å². The van der Waals surface area contributed by atoms with Crippen LogP contribution in [0, 0.1) is 5.92 Å². The summed E-state index contributed by atoms with van der Waals surface area (Å²) in [5.41, 5.74) is 5.35. The summed E-state index contributed by atoms with van der Waals surface area (Å²) in [7, 11) is 3.70. The van der Waals surface area contributed by atoms with Gasteiger partial charge >= 0.3 is 6.09 Å². The maximum atomic E-state index is 15.0. The molecule has 1 aromatic carbocycles. The summed E-state index contributed by atoms with van der Waals surface area (Å²) < 4.78 is 12.7. The van der Waals surface area contributed by atoms with Crippen molar-refractivity contribution in [3.8, 4) is 11.5 Å². The molecular weight excluding hydrogens is 512 g/mol. The molecule has 2 fully saturated rings. The van der Waals surface area contributed by atoms with Crippen LogP contribution >= 0.6 is 0 Å². The lowest BCUT2D eigenvalue weighted by molar-refractivity contribution is -0.954. The molecule has 218 valence electrons. The normalized spacial score (nSPS) is 32.1. The van der Waals surface area contributed by atoms with Gasteiger partial charge in [-0.2, -0.15) is 0 Å². The fourth-order valence-corrected chi connectivity index (χ4v) is 7.73. The van der Waals surface area contributed by atoms with Gasteiger partial charge in [0.05, 0.1) is 32.2 Å². The van der Waals surface area contributed by atoms with Gasteiger partial charge in [0.2, 0.25) is 5.91 Å². The van der Waals surface area contributed by atoms with Gasteiger partial charge in [-0.15, -0.1) is 0 Å². The van der Waals surface area contributed by atoms with Gasteiger partial charge in [0.25, 0.3) is 0 Å². The van der Waals surface area contributed by atoms with Crippen LogP contribution in [-0.2, 0) is 21.4 Å². The van der Waals surface area contributed by atoms with Crippen molar-refractivity contribution in [2.24, 2.45) is 11.7 Å². The van der Waals surface area contributed by atoms with Crippen molar-refractivity contribution < 1.29 is 33.4 Å². The highest BCUT2D eigenvalue weighted by molar-refractivity contribution is 5.90. The first-order valence-corrected chi connectivity index (χ1v) is 14.4. The predicted octanol–water partition coefficient (Wildman–Crippen LogP) is 1.03. The molecule has 3 N–H and O–H groups in total. The van der Waals surface area contributed by atoms with Crippen molar-refractivity contribution >= 4 is 17.8 Å². The van der Waals surface area contributed by atoms with Gasteiger partial charge in [-0.25, -0.2) is 4.79 Å². The van der Waals surface area contributed by atoms with Crippen molar-refractivity contribution in [2.75, 3.05) is 40.3 Å². The first kappa shape index (κ1) is 28.6. The third kappa shape index (κ3) is 4.23. The van der Waals surface area contributed by atoms with Crippen LogP contribution in [-0.4, -0.2) is 91.2 Å². The molecule has 5 rings (SSSR count). The molecule has 0 aromatic heterocycles. The van der Waals surface area contributed by atoms with Gasteiger partial charge in [-0.05, 0) is 42.1 Å². The van der Waals surface area contributed by atoms with Crippen LogP contribution in [0.25, 0.3) is 0 Å². The van der Waals surface area contributed by atoms with Gasteiger partial charge < -0.3 is 35.0 Å². The molecule has 2 heterocycles. The van der Waals surface area contributed by atoms with E-state index in [0.717, 1.165) is 17.7 Å². The molecule has 1 spiro atoms. The predicted molar refractivity (Wildman–Crippen MR) is 147 cm³/mol. The van der Waals surface area contributed by atoms with E-state index in [1.807, 2.05) is 26.0 Å². The second kappa shape index (κ2) is 10.2. The van der Waals surface area contributed by atoms with Crippen LogP contribution in [0.5, 0.6) is 11.5 Å². The zero-order valence-electron chi connectivity index (χ0n) is 24.0. The number of amides is 2. The highest BCUT2D eigenvalue weighted by atomic mass is 16.6. The molecule has 10 nitrogen and oxygen atoms in total. The van der Waals surface area contributed by atoms with Crippen LogP contribution in [0.1, 0.15) is 50.7 Å². The number of nitrogens with two attached hydrogens (primary N) is 1. The first-order valence-electron chi connectivity index (χ1n) is 14.4. The Hall–Kier alpha value is -2.95. The highest BCUT2D eigenvalue weighted by Gasteiger charge is 2.71. The van der Waals surface area contributed by atoms with Crippen LogP contribution in [0.15, 0.2) is 24.8 Å². The summed E-state index contributed by atoms with van der Waals surface area (Å²) in [4.78, 5) is 39.8. The smallest absolute Gasteiger partial charge is 0.415 e. The van der Waals surface area contributed by atoms with E-state index < -0.39 is 29.3 Å². The number of ether oxygens (including phenoxy) is 2. The Morgan fingerprint density at radius 2 is 2.12 bits per heavy atom. The molecule has 1 saturated heterocycles. The average Bonchev–Trinajstić information content (AvgIpc) is 3.26. The number of quaternary nitrogens is 1. The van der Waals surface area contributed by atoms with Gasteiger partial charge in [-0.3, -0.25) is 9.59 Å². The van der Waals surface area contributed by atoms with E-state index in [1.54, 1.807) is 13.1 Å². The zero-order chi connectivity index (χ0) is 29.0. The van der Waals surface area contributed by atoms with Crippen molar-refractivity contribution in [2.45, 2.75) is 75.2 Å². The quantitative estimate of drug-likeness (QED) is 0.344. The largest absolute Gasteiger partial charge is 0.844 e. The molecular formula is C30H42N4O6. The maximum Gasteiger partial charge on any atom is 0.415 e. The zero-order valence-corrected chi connectivity index (χ0v) is 24.0. The minimum absolute atomic E-state index is 0.0603. The number of benzene rings is 1. The molecule has 2 amide bonds. The monoisotopic (exact) mass is 554 g/mol. The van der Waals surface area contributed by atoms with Crippen molar-refractivity contribution in [1.29, 1.82) is 0 Å². The van der Waals surface area contributed by atoms with Crippen molar-refractivity contribution in [3.05, 3.63) is 35.9 Å². The van der Waals surface area contributed by atoms with Crippen LogP contribution in [0.3, 0.4) is 0 Å². The fraction of sp³-hybridized carbons (Fsp3) is 0.633. The molecule has 4 aliphatic rings. The topological polar surface area (TPSA) is 134 Å². The number of hydrogen-bond donors (Lipinski definition) is 2. The number of carbonyl (C=O) groups is 3. The number of piperidine rings is 1. The molecule has 1 saturated carbocycles. The number of likely N-dealkylation sites (tertiary alicyclic amines) is 1. The molecule has 0 radical (unpaired) electrons. The second-order valence-electron chi connectivity index (χ2n) is 12.7. The number of likely N-dealkylation sites (N-methyl/N-ethyl adjacent to an activating group) is 2. The van der Waals surface area contributed by atoms with E-state index >= 15 is 0 Å². The number of nitrogens with one attached hydrogen (secondary N) is 1. The summed E-state index contributed by atoms with van der Waals surface area (Å²) in [6, 6.07) is 2.82. The Morgan fingerprint density at radius 3 is 2.83 bits per heavy atom. The Bertz CT molecular complexity index is 1230. The summed E-state index contributed by atoms with van der Waals surface area (Å²) in [6.07, 6.45) is 2.54. The molecule has 1 unspecified atom stereocenters. The summed E-state index contributed by atoms with van der Waals surface area (Å²) in [6.45, 7) is 9.82. The summed E-state index contributed by atoms with van der Waals surface area (Å²) in [5.74, 6) is 0.549. The molecule has 40 heavy (non-hydrogen) atoms. The van der Waals surface area contributed by atoms with E-state index in [9.17, 15) is 19.5 Å². The Kier molecular flexibility index (Phi) is 7.25. The molecule has 10 heteroatoms. The summed E-state index contributed by atoms with van der Waals surface area (Å²) in [5, 5.41) is 17.7. The third-order valence-electron chi connectivity index (χ3n) is 9.71. The van der Waals surface area contributed by atoms with Gasteiger partial charge in [-0.1, -0.05) is 26.5 Å². The number of carbonyl (C=O) groups excluding carboxylic acids is 3. The maximum absolute atomic E-state index is 15.0. The number of Topliss-reactive ketones (excluding diaryl/α,β-unsaturated/α-hetero) is 1.